The Morgan fingerprint density at radius 3 is 1.75 bits per heavy atom. The van der Waals surface area contributed by atoms with E-state index >= 15 is 0 Å². The highest BCUT2D eigenvalue weighted by Crippen LogP contribution is 2.39. The number of halogens is 5. The average Bonchev–Trinajstić information content (AvgIpc) is 1.85. The van der Waals surface area contributed by atoms with Gasteiger partial charge in [0.25, 0.3) is 0 Å². The summed E-state index contributed by atoms with van der Waals surface area (Å²) >= 11 is 0. The van der Waals surface area contributed by atoms with Crippen molar-refractivity contribution in [2.75, 3.05) is 0 Å². The van der Waals surface area contributed by atoms with E-state index < -0.39 is 18.5 Å². The molecular formula is C7H11F5. The van der Waals surface area contributed by atoms with Gasteiger partial charge in [-0.1, -0.05) is 19.8 Å². The first-order chi connectivity index (χ1) is 5.31. The molecule has 0 aromatic rings. The Labute approximate surface area is 67.8 Å². The van der Waals surface area contributed by atoms with Gasteiger partial charge in [-0.15, -0.1) is 0 Å². The van der Waals surface area contributed by atoms with Crippen LogP contribution in [0, 0.1) is 0 Å². The fraction of sp³-hybridized carbons (Fsp3) is 1.00. The standard InChI is InChI=1S/C7H11F5/c1-2-3-4-5-6(8,9)7(10,11)12/h2-5H2,1H3. The van der Waals surface area contributed by atoms with Crippen molar-refractivity contribution in [2.45, 2.75) is 44.7 Å². The van der Waals surface area contributed by atoms with Crippen molar-refractivity contribution >= 4 is 0 Å². The van der Waals surface area contributed by atoms with Crippen LogP contribution in [0.5, 0.6) is 0 Å². The Balaban J connectivity index is 3.88. The second-order valence-corrected chi connectivity index (χ2v) is 2.66. The molecular weight excluding hydrogens is 179 g/mol. The molecule has 0 radical (unpaired) electrons. The van der Waals surface area contributed by atoms with Gasteiger partial charge in [-0.2, -0.15) is 22.0 Å². The number of hydrogen-bond acceptors (Lipinski definition) is 0. The molecule has 0 heterocycles. The third kappa shape index (κ3) is 3.36. The second kappa shape index (κ2) is 4.05. The van der Waals surface area contributed by atoms with E-state index in [1.807, 2.05) is 0 Å². The van der Waals surface area contributed by atoms with Crippen molar-refractivity contribution in [2.24, 2.45) is 0 Å². The second-order valence-electron chi connectivity index (χ2n) is 2.66. The summed E-state index contributed by atoms with van der Waals surface area (Å²) in [5.74, 6) is -4.51. The van der Waals surface area contributed by atoms with Crippen molar-refractivity contribution in [3.8, 4) is 0 Å². The van der Waals surface area contributed by atoms with E-state index in [0.29, 0.717) is 12.8 Å². The first-order valence-corrected chi connectivity index (χ1v) is 3.76. The maximum atomic E-state index is 12.1. The lowest BCUT2D eigenvalue weighted by Gasteiger charge is -2.18. The molecule has 0 spiro atoms. The van der Waals surface area contributed by atoms with Gasteiger partial charge >= 0.3 is 12.1 Å². The third-order valence-electron chi connectivity index (χ3n) is 1.51. The van der Waals surface area contributed by atoms with Gasteiger partial charge in [-0.25, -0.2) is 0 Å². The van der Waals surface area contributed by atoms with Gasteiger partial charge in [0.2, 0.25) is 0 Å². The van der Waals surface area contributed by atoms with Gasteiger partial charge in [-0.3, -0.25) is 0 Å². The summed E-state index contributed by atoms with van der Waals surface area (Å²) in [4.78, 5) is 0. The molecule has 12 heavy (non-hydrogen) atoms. The molecule has 0 saturated carbocycles. The molecule has 0 aliphatic carbocycles. The molecule has 0 unspecified atom stereocenters. The smallest absolute Gasteiger partial charge is 0.196 e. The SMILES string of the molecule is CCCCCC(F)(F)C(F)(F)F. The minimum absolute atomic E-state index is 0.0803. The zero-order chi connectivity index (χ0) is 9.83. The number of hydrogen-bond donors (Lipinski definition) is 0. The molecule has 0 atom stereocenters. The molecule has 0 fully saturated rings. The van der Waals surface area contributed by atoms with Crippen LogP contribution in [-0.4, -0.2) is 12.1 Å². The van der Waals surface area contributed by atoms with Gasteiger partial charge in [0.1, 0.15) is 0 Å². The first kappa shape index (κ1) is 11.6. The molecule has 74 valence electrons. The lowest BCUT2D eigenvalue weighted by molar-refractivity contribution is -0.284. The third-order valence-corrected chi connectivity index (χ3v) is 1.51. The topological polar surface area (TPSA) is 0 Å². The van der Waals surface area contributed by atoms with Gasteiger partial charge in [0, 0.05) is 6.42 Å². The van der Waals surface area contributed by atoms with E-state index in [4.69, 9.17) is 0 Å². The Bertz CT molecular complexity index is 126. The van der Waals surface area contributed by atoms with Crippen LogP contribution in [-0.2, 0) is 0 Å². The van der Waals surface area contributed by atoms with Crippen LogP contribution in [0.1, 0.15) is 32.6 Å². The monoisotopic (exact) mass is 190 g/mol. The minimum atomic E-state index is -5.39. The summed E-state index contributed by atoms with van der Waals surface area (Å²) in [5, 5.41) is 0. The fourth-order valence-electron chi connectivity index (χ4n) is 0.739. The molecule has 0 nitrogen and oxygen atoms in total. The van der Waals surface area contributed by atoms with E-state index in [9.17, 15) is 22.0 Å². The van der Waals surface area contributed by atoms with Crippen LogP contribution >= 0.6 is 0 Å². The normalized spacial score (nSPS) is 13.5. The van der Waals surface area contributed by atoms with Crippen LogP contribution in [0.2, 0.25) is 0 Å². The van der Waals surface area contributed by atoms with Crippen LogP contribution in [0.15, 0.2) is 0 Å². The van der Waals surface area contributed by atoms with E-state index in [0.717, 1.165) is 0 Å². The Morgan fingerprint density at radius 2 is 1.42 bits per heavy atom. The van der Waals surface area contributed by atoms with Gasteiger partial charge < -0.3 is 0 Å². The van der Waals surface area contributed by atoms with Crippen molar-refractivity contribution in [3.05, 3.63) is 0 Å². The highest BCUT2D eigenvalue weighted by molar-refractivity contribution is 4.74. The Kier molecular flexibility index (Phi) is 3.93. The zero-order valence-electron chi connectivity index (χ0n) is 6.72. The number of unbranched alkanes of at least 4 members (excludes halogenated alkanes) is 2. The van der Waals surface area contributed by atoms with E-state index in [-0.39, 0.29) is 6.42 Å². The molecule has 0 bridgehead atoms. The first-order valence-electron chi connectivity index (χ1n) is 3.76. The molecule has 0 aromatic heterocycles. The quantitative estimate of drug-likeness (QED) is 0.467. The Hall–Kier alpha value is -0.350. The number of rotatable bonds is 4. The lowest BCUT2D eigenvalue weighted by atomic mass is 10.1. The molecule has 0 saturated heterocycles. The van der Waals surface area contributed by atoms with E-state index in [1.54, 1.807) is 6.92 Å². The molecule has 0 aromatic carbocycles. The predicted molar refractivity (Wildman–Crippen MR) is 35.1 cm³/mol. The highest BCUT2D eigenvalue weighted by atomic mass is 19.4. The van der Waals surface area contributed by atoms with Crippen LogP contribution in [0.3, 0.4) is 0 Å². The molecule has 0 aliphatic rings. The summed E-state index contributed by atoms with van der Waals surface area (Å²) in [5.41, 5.74) is 0. The molecule has 0 rings (SSSR count). The molecule has 5 heteroatoms. The van der Waals surface area contributed by atoms with Crippen LogP contribution in [0.25, 0.3) is 0 Å². The molecule has 0 amide bonds. The zero-order valence-corrected chi connectivity index (χ0v) is 6.72. The summed E-state index contributed by atoms with van der Waals surface area (Å²) < 4.78 is 58.8. The summed E-state index contributed by atoms with van der Waals surface area (Å²) in [7, 11) is 0. The van der Waals surface area contributed by atoms with Crippen LogP contribution < -0.4 is 0 Å². The van der Waals surface area contributed by atoms with Crippen molar-refractivity contribution in [1.82, 2.24) is 0 Å². The highest BCUT2D eigenvalue weighted by Gasteiger charge is 2.56. The average molecular weight is 190 g/mol. The number of alkyl halides is 5. The summed E-state index contributed by atoms with van der Waals surface area (Å²) in [6.45, 7) is 1.74. The Morgan fingerprint density at radius 1 is 0.917 bits per heavy atom. The van der Waals surface area contributed by atoms with E-state index in [2.05, 4.69) is 0 Å². The van der Waals surface area contributed by atoms with Crippen molar-refractivity contribution in [1.29, 1.82) is 0 Å². The largest absolute Gasteiger partial charge is 0.453 e. The van der Waals surface area contributed by atoms with E-state index in [1.165, 1.54) is 0 Å². The van der Waals surface area contributed by atoms with Crippen molar-refractivity contribution in [3.63, 3.8) is 0 Å². The predicted octanol–water partition coefficient (Wildman–Crippen LogP) is 3.76. The van der Waals surface area contributed by atoms with Crippen molar-refractivity contribution < 1.29 is 22.0 Å². The van der Waals surface area contributed by atoms with Crippen LogP contribution in [0.4, 0.5) is 22.0 Å². The van der Waals surface area contributed by atoms with Gasteiger partial charge in [0.05, 0.1) is 0 Å². The van der Waals surface area contributed by atoms with Gasteiger partial charge in [-0.05, 0) is 6.42 Å². The van der Waals surface area contributed by atoms with Gasteiger partial charge in [0.15, 0.2) is 0 Å². The lowest BCUT2D eigenvalue weighted by Crippen LogP contribution is -2.36. The molecule has 0 aliphatic heterocycles. The maximum absolute atomic E-state index is 12.1. The summed E-state index contributed by atoms with van der Waals surface area (Å²) in [6, 6.07) is 0. The minimum Gasteiger partial charge on any atom is -0.196 e. The molecule has 0 N–H and O–H groups in total. The summed E-state index contributed by atoms with van der Waals surface area (Å²) in [6.07, 6.45) is -5.52. The maximum Gasteiger partial charge on any atom is 0.453 e. The fourth-order valence-corrected chi connectivity index (χ4v) is 0.739.